The maximum atomic E-state index is 2.37. The molecule has 3 nitrogen and oxygen atoms in total. The third kappa shape index (κ3) is 5.71. The minimum Gasteiger partial charge on any atom is -0.310 e. The highest BCUT2D eigenvalue weighted by Crippen LogP contribution is 2.44. The number of aromatic nitrogens is 1. The van der Waals surface area contributed by atoms with Crippen molar-refractivity contribution in [3.63, 3.8) is 0 Å². The molecule has 0 aliphatic rings. The Morgan fingerprint density at radius 3 is 1.18 bits per heavy atom. The van der Waals surface area contributed by atoms with Crippen molar-refractivity contribution in [3.05, 3.63) is 212 Å². The Balaban J connectivity index is 1.31. The van der Waals surface area contributed by atoms with E-state index >= 15 is 0 Å². The molecule has 0 N–H and O–H groups in total. The van der Waals surface area contributed by atoms with Gasteiger partial charge in [-0.05, 0) is 108 Å². The minimum absolute atomic E-state index is 1.07. The maximum Gasteiger partial charge on any atom is 0.0541 e. The van der Waals surface area contributed by atoms with Gasteiger partial charge in [-0.25, -0.2) is 0 Å². The lowest BCUT2D eigenvalue weighted by Gasteiger charge is -2.30. The van der Waals surface area contributed by atoms with Crippen LogP contribution in [-0.4, -0.2) is 4.57 Å². The normalized spacial score (nSPS) is 11.1. The summed E-state index contributed by atoms with van der Waals surface area (Å²) in [4.78, 5) is 4.70. The molecule has 1 heterocycles. The molecule has 0 aliphatic carbocycles. The summed E-state index contributed by atoms with van der Waals surface area (Å²) in [5.41, 5.74) is 12.4. The van der Waals surface area contributed by atoms with E-state index in [0.29, 0.717) is 0 Å². The van der Waals surface area contributed by atoms with Gasteiger partial charge in [-0.3, -0.25) is 0 Å². The monoisotopic (exact) mass is 653 g/mol. The minimum atomic E-state index is 1.07. The van der Waals surface area contributed by atoms with Gasteiger partial charge in [-0.15, -0.1) is 0 Å². The topological polar surface area (TPSA) is 11.4 Å². The third-order valence-electron chi connectivity index (χ3n) is 9.50. The second-order valence-electron chi connectivity index (χ2n) is 12.7. The highest BCUT2D eigenvalue weighted by molar-refractivity contribution is 6.10. The average Bonchev–Trinajstić information content (AvgIpc) is 3.54. The van der Waals surface area contributed by atoms with E-state index in [0.717, 1.165) is 50.9 Å². The number of rotatable bonds is 8. The second-order valence-corrected chi connectivity index (χ2v) is 12.7. The first-order valence-electron chi connectivity index (χ1n) is 17.4. The van der Waals surface area contributed by atoms with Crippen LogP contribution in [0.4, 0.5) is 34.1 Å². The van der Waals surface area contributed by atoms with E-state index in [9.17, 15) is 0 Å². The quantitative estimate of drug-likeness (QED) is 0.162. The molecular weight excluding hydrogens is 619 g/mol. The molecule has 0 aliphatic heterocycles. The fraction of sp³-hybridized carbons (Fsp3) is 0. The first-order valence-corrected chi connectivity index (χ1v) is 17.4. The van der Waals surface area contributed by atoms with Gasteiger partial charge in [-0.2, -0.15) is 0 Å². The number of hydrogen-bond donors (Lipinski definition) is 0. The summed E-state index contributed by atoms with van der Waals surface area (Å²) < 4.78 is 2.37. The van der Waals surface area contributed by atoms with Crippen molar-refractivity contribution in [2.75, 3.05) is 9.80 Å². The molecule has 0 fully saturated rings. The van der Waals surface area contributed by atoms with Gasteiger partial charge in [-0.1, -0.05) is 115 Å². The fourth-order valence-electron chi connectivity index (χ4n) is 7.23. The van der Waals surface area contributed by atoms with Crippen LogP contribution in [0.25, 0.3) is 38.6 Å². The van der Waals surface area contributed by atoms with Gasteiger partial charge >= 0.3 is 0 Å². The molecule has 0 radical (unpaired) electrons. The highest BCUT2D eigenvalue weighted by Gasteiger charge is 2.20. The van der Waals surface area contributed by atoms with E-state index in [1.807, 2.05) is 0 Å². The molecule has 0 unspecified atom stereocenters. The Morgan fingerprint density at radius 1 is 0.275 bits per heavy atom. The van der Waals surface area contributed by atoms with Crippen LogP contribution in [0.15, 0.2) is 212 Å². The first-order chi connectivity index (χ1) is 25.3. The van der Waals surface area contributed by atoms with Crippen LogP contribution in [0, 0.1) is 0 Å². The molecule has 0 saturated carbocycles. The molecule has 0 bridgehead atoms. The van der Waals surface area contributed by atoms with Gasteiger partial charge in [0, 0.05) is 50.6 Å². The van der Waals surface area contributed by atoms with E-state index in [1.165, 1.54) is 21.8 Å². The zero-order valence-corrected chi connectivity index (χ0v) is 28.0. The van der Waals surface area contributed by atoms with E-state index in [-0.39, 0.29) is 0 Å². The zero-order chi connectivity index (χ0) is 34.0. The molecule has 51 heavy (non-hydrogen) atoms. The fourth-order valence-corrected chi connectivity index (χ4v) is 7.23. The van der Waals surface area contributed by atoms with E-state index in [4.69, 9.17) is 0 Å². The van der Waals surface area contributed by atoms with Gasteiger partial charge in [0.1, 0.15) is 0 Å². The lowest BCUT2D eigenvalue weighted by molar-refractivity contribution is 1.18. The zero-order valence-electron chi connectivity index (χ0n) is 28.0. The number of anilines is 6. The summed E-state index contributed by atoms with van der Waals surface area (Å²) >= 11 is 0. The molecule has 0 amide bonds. The summed E-state index contributed by atoms with van der Waals surface area (Å²) in [6.45, 7) is 0. The number of para-hydroxylation sites is 6. The molecule has 8 aromatic carbocycles. The van der Waals surface area contributed by atoms with Crippen LogP contribution in [0.3, 0.4) is 0 Å². The molecule has 3 heteroatoms. The molecule has 9 rings (SSSR count). The van der Waals surface area contributed by atoms with E-state index < -0.39 is 0 Å². The SMILES string of the molecule is c1ccc(N(c2ccccc2)c2cc(-c3ccc4c(c3)c3ccccc3n4-c3ccccc3)cc(N(c3ccccc3)c3ccccc3)c2)cc1. The van der Waals surface area contributed by atoms with Crippen molar-refractivity contribution < 1.29 is 0 Å². The largest absolute Gasteiger partial charge is 0.310 e. The van der Waals surface area contributed by atoms with E-state index in [2.05, 4.69) is 227 Å². The maximum absolute atomic E-state index is 2.37. The van der Waals surface area contributed by atoms with Crippen molar-refractivity contribution >= 4 is 55.9 Å². The van der Waals surface area contributed by atoms with Crippen LogP contribution >= 0.6 is 0 Å². The molecule has 9 aromatic rings. The van der Waals surface area contributed by atoms with Crippen LogP contribution in [0.1, 0.15) is 0 Å². The van der Waals surface area contributed by atoms with Crippen molar-refractivity contribution in [2.24, 2.45) is 0 Å². The van der Waals surface area contributed by atoms with Crippen LogP contribution in [0.5, 0.6) is 0 Å². The second kappa shape index (κ2) is 13.2. The number of fused-ring (bicyclic) bond motifs is 3. The lowest BCUT2D eigenvalue weighted by atomic mass is 10.00. The molecule has 0 spiro atoms. The third-order valence-corrected chi connectivity index (χ3v) is 9.50. The Labute approximate surface area is 298 Å². The summed E-state index contributed by atoms with van der Waals surface area (Å²) in [5.74, 6) is 0. The molecule has 242 valence electrons. The first kappa shape index (κ1) is 30.2. The van der Waals surface area contributed by atoms with Crippen molar-refractivity contribution in [1.82, 2.24) is 4.57 Å². The van der Waals surface area contributed by atoms with Gasteiger partial charge in [0.05, 0.1) is 11.0 Å². The predicted octanol–water partition coefficient (Wildman–Crippen LogP) is 13.4. The summed E-state index contributed by atoms with van der Waals surface area (Å²) in [5, 5.41) is 2.46. The van der Waals surface area contributed by atoms with Crippen LogP contribution in [0.2, 0.25) is 0 Å². The highest BCUT2D eigenvalue weighted by atomic mass is 15.2. The van der Waals surface area contributed by atoms with Gasteiger partial charge in [0.15, 0.2) is 0 Å². The van der Waals surface area contributed by atoms with Crippen LogP contribution < -0.4 is 9.80 Å². The Kier molecular flexibility index (Phi) is 7.84. The number of benzene rings is 8. The van der Waals surface area contributed by atoms with Gasteiger partial charge in [0.2, 0.25) is 0 Å². The molecule has 1 aromatic heterocycles. The smallest absolute Gasteiger partial charge is 0.0541 e. The average molecular weight is 654 g/mol. The van der Waals surface area contributed by atoms with E-state index in [1.54, 1.807) is 0 Å². The van der Waals surface area contributed by atoms with Crippen LogP contribution in [-0.2, 0) is 0 Å². The summed E-state index contributed by atoms with van der Waals surface area (Å²) in [6, 6.07) is 75.8. The Hall–Kier alpha value is -6.84. The van der Waals surface area contributed by atoms with Gasteiger partial charge in [0.25, 0.3) is 0 Å². The number of hydrogen-bond acceptors (Lipinski definition) is 2. The number of nitrogens with zero attached hydrogens (tertiary/aromatic N) is 3. The predicted molar refractivity (Wildman–Crippen MR) is 216 cm³/mol. The molecule has 0 atom stereocenters. The molecule has 0 saturated heterocycles. The lowest BCUT2D eigenvalue weighted by Crippen LogP contribution is -2.13. The van der Waals surface area contributed by atoms with Crippen molar-refractivity contribution in [3.8, 4) is 16.8 Å². The Bertz CT molecular complexity index is 2380. The summed E-state index contributed by atoms with van der Waals surface area (Å²) in [6.07, 6.45) is 0. The van der Waals surface area contributed by atoms with Crippen molar-refractivity contribution in [2.45, 2.75) is 0 Å². The summed E-state index contributed by atoms with van der Waals surface area (Å²) in [7, 11) is 0. The standard InChI is InChI=1S/C48H35N3/c1-6-18-38(19-7-1)49(39-20-8-2-9-21-39)43-32-37(33-44(35-43)50(40-22-10-3-11-23-40)41-24-12-4-13-25-41)36-30-31-48-46(34-36)45-28-16-17-29-47(45)51(48)42-26-14-5-15-27-42/h1-35H. The van der Waals surface area contributed by atoms with Crippen molar-refractivity contribution in [1.29, 1.82) is 0 Å². The van der Waals surface area contributed by atoms with Gasteiger partial charge < -0.3 is 14.4 Å². The Morgan fingerprint density at radius 2 is 0.686 bits per heavy atom. The molecular formula is C48H35N3.